The molecule has 8 nitrogen and oxygen atoms in total. The van der Waals surface area contributed by atoms with Gasteiger partial charge in [0.2, 0.25) is 11.6 Å². The summed E-state index contributed by atoms with van der Waals surface area (Å²) in [6, 6.07) is 86.3. The number of imidazole rings is 1. The lowest BCUT2D eigenvalue weighted by Gasteiger charge is -2.14. The molecule has 0 radical (unpaired) electrons. The summed E-state index contributed by atoms with van der Waals surface area (Å²) in [4.78, 5) is 17.1. The van der Waals surface area contributed by atoms with E-state index in [1.807, 2.05) is 6.07 Å². The number of nitrogens with zero attached hydrogens (tertiary/aromatic N) is 8. The highest BCUT2D eigenvalue weighted by Gasteiger charge is 2.28. The van der Waals surface area contributed by atoms with Crippen molar-refractivity contribution in [1.29, 1.82) is 0 Å². The van der Waals surface area contributed by atoms with Gasteiger partial charge in [-0.3, -0.25) is 13.7 Å². The highest BCUT2D eigenvalue weighted by molar-refractivity contribution is 6.27. The van der Waals surface area contributed by atoms with E-state index in [2.05, 4.69) is 259 Å². The normalized spacial score (nSPS) is 12.1. The van der Waals surface area contributed by atoms with Crippen LogP contribution in [-0.4, -0.2) is 37.8 Å². The van der Waals surface area contributed by atoms with E-state index in [0.717, 1.165) is 94.0 Å². The summed E-state index contributed by atoms with van der Waals surface area (Å²) in [5, 5.41) is 9.36. The number of rotatable bonds is 6. The Morgan fingerprint density at radius 3 is 1.16 bits per heavy atom. The van der Waals surface area contributed by atoms with Gasteiger partial charge >= 0.3 is 0 Å². The van der Waals surface area contributed by atoms with Gasteiger partial charge in [0.15, 0.2) is 11.5 Å². The number of hydrogen-bond donors (Lipinski definition) is 0. The molecule has 73 heavy (non-hydrogen) atoms. The van der Waals surface area contributed by atoms with Gasteiger partial charge < -0.3 is 9.13 Å². The molecule has 0 atom stereocenters. The van der Waals surface area contributed by atoms with Crippen LogP contribution in [-0.2, 0) is 0 Å². The van der Waals surface area contributed by atoms with Gasteiger partial charge in [0.05, 0.1) is 49.8 Å². The van der Waals surface area contributed by atoms with Crippen LogP contribution in [0.5, 0.6) is 0 Å². The van der Waals surface area contributed by atoms with Crippen molar-refractivity contribution in [2.24, 2.45) is 0 Å². The fourth-order valence-corrected chi connectivity index (χ4v) is 11.9. The minimum absolute atomic E-state index is 0.541. The largest absolute Gasteiger partial charge is 0.309 e. The fourth-order valence-electron chi connectivity index (χ4n) is 11.9. The maximum atomic E-state index is 5.87. The molecular formula is C65H40N8. The van der Waals surface area contributed by atoms with Crippen LogP contribution in [0.1, 0.15) is 0 Å². The number of fused-ring (bicyclic) bond motifs is 15. The molecule has 0 spiro atoms. The third-order valence-corrected chi connectivity index (χ3v) is 14.9. The molecule has 6 heterocycles. The van der Waals surface area contributed by atoms with E-state index in [4.69, 9.17) is 15.0 Å². The molecule has 16 rings (SSSR count). The molecule has 0 aliphatic rings. The predicted octanol–water partition coefficient (Wildman–Crippen LogP) is 15.9. The lowest BCUT2D eigenvalue weighted by Crippen LogP contribution is -2.07. The van der Waals surface area contributed by atoms with Crippen LogP contribution in [0.2, 0.25) is 0 Å². The highest BCUT2D eigenvalue weighted by Crippen LogP contribution is 2.45. The van der Waals surface area contributed by atoms with E-state index in [9.17, 15) is 0 Å². The molecule has 340 valence electrons. The van der Waals surface area contributed by atoms with E-state index < -0.39 is 0 Å². The van der Waals surface area contributed by atoms with Gasteiger partial charge in [0.1, 0.15) is 5.69 Å². The lowest BCUT2D eigenvalue weighted by molar-refractivity contribution is 0.944. The van der Waals surface area contributed by atoms with Crippen LogP contribution in [0.25, 0.3) is 139 Å². The van der Waals surface area contributed by atoms with Crippen molar-refractivity contribution in [1.82, 2.24) is 37.8 Å². The SMILES string of the molecule is c1ccc(-c2nc3nc(-n4c5ccccc5c5c4ccc4c6ccccc6n(-c6ccccc6)c45)n(-c4ccccc4)c3nc2-n2c3ccccc3c3c2ccc2c4ccccc4n(-c4ccccc4)c23)cc1. The molecule has 0 unspecified atom stereocenters. The van der Waals surface area contributed by atoms with E-state index in [-0.39, 0.29) is 0 Å². The maximum Gasteiger partial charge on any atom is 0.223 e. The van der Waals surface area contributed by atoms with Crippen LogP contribution >= 0.6 is 0 Å². The Morgan fingerprint density at radius 1 is 0.260 bits per heavy atom. The Balaban J connectivity index is 1.05. The van der Waals surface area contributed by atoms with E-state index in [0.29, 0.717) is 23.1 Å². The van der Waals surface area contributed by atoms with Crippen LogP contribution in [0.15, 0.2) is 243 Å². The number of benzene rings is 10. The first-order valence-corrected chi connectivity index (χ1v) is 24.7. The Kier molecular flexibility index (Phi) is 8.29. The molecule has 6 aromatic heterocycles. The molecule has 0 fully saturated rings. The van der Waals surface area contributed by atoms with Crippen molar-refractivity contribution in [2.45, 2.75) is 0 Å². The molecule has 0 amide bonds. The quantitative estimate of drug-likeness (QED) is 0.167. The Morgan fingerprint density at radius 2 is 0.658 bits per heavy atom. The smallest absolute Gasteiger partial charge is 0.223 e. The molecule has 0 bridgehead atoms. The molecule has 16 aromatic rings. The van der Waals surface area contributed by atoms with Gasteiger partial charge in [0.25, 0.3) is 0 Å². The second-order valence-corrected chi connectivity index (χ2v) is 18.8. The first-order chi connectivity index (χ1) is 36.3. The van der Waals surface area contributed by atoms with Gasteiger partial charge in [-0.25, -0.2) is 9.97 Å². The lowest BCUT2D eigenvalue weighted by atomic mass is 10.1. The van der Waals surface area contributed by atoms with Crippen molar-refractivity contribution in [3.05, 3.63) is 243 Å². The average Bonchev–Trinajstić information content (AvgIpc) is 4.26. The Bertz CT molecular complexity index is 4890. The zero-order chi connectivity index (χ0) is 47.7. The van der Waals surface area contributed by atoms with Crippen LogP contribution in [0.4, 0.5) is 0 Å². The summed E-state index contributed by atoms with van der Waals surface area (Å²) in [6.07, 6.45) is 0. The zero-order valence-electron chi connectivity index (χ0n) is 39.2. The summed E-state index contributed by atoms with van der Waals surface area (Å²) in [7, 11) is 0. The van der Waals surface area contributed by atoms with Gasteiger partial charge in [0, 0.05) is 60.0 Å². The van der Waals surface area contributed by atoms with Crippen LogP contribution < -0.4 is 0 Å². The summed E-state index contributed by atoms with van der Waals surface area (Å²) >= 11 is 0. The zero-order valence-corrected chi connectivity index (χ0v) is 39.2. The highest BCUT2D eigenvalue weighted by atomic mass is 15.3. The molecule has 10 aromatic carbocycles. The molecule has 8 heteroatoms. The van der Waals surface area contributed by atoms with E-state index >= 15 is 0 Å². The standard InChI is InChI=1S/C65H40N8/c1-5-21-41(22-6-1)59-63(72-53-35-19-15-31-49(53)57-55(72)39-37-47-45-29-13-17-33-51(45)69(60(47)57)42-23-7-2-8-24-42)68-64-62(66-59)67-65(71(64)44-27-11-4-12-28-44)73-54-36-20-16-32-50(54)58-56(73)40-38-48-46-30-14-18-34-52(46)70(61(48)58)43-25-9-3-10-26-43/h1-40H. The fraction of sp³-hybridized carbons (Fsp3) is 0. The second kappa shape index (κ2) is 15.2. The van der Waals surface area contributed by atoms with Gasteiger partial charge in [-0.05, 0) is 72.8 Å². The topological polar surface area (TPSA) is 63.3 Å². The third-order valence-electron chi connectivity index (χ3n) is 14.9. The van der Waals surface area contributed by atoms with Gasteiger partial charge in [-0.15, -0.1) is 0 Å². The van der Waals surface area contributed by atoms with E-state index in [1.54, 1.807) is 0 Å². The van der Waals surface area contributed by atoms with Crippen molar-refractivity contribution in [3.63, 3.8) is 0 Å². The van der Waals surface area contributed by atoms with Gasteiger partial charge in [-0.2, -0.15) is 4.98 Å². The minimum atomic E-state index is 0.541. The van der Waals surface area contributed by atoms with Crippen LogP contribution in [0.3, 0.4) is 0 Å². The summed E-state index contributed by atoms with van der Waals surface area (Å²) in [6.45, 7) is 0. The van der Waals surface area contributed by atoms with Crippen molar-refractivity contribution < 1.29 is 0 Å². The first kappa shape index (κ1) is 39.8. The predicted molar refractivity (Wildman–Crippen MR) is 299 cm³/mol. The summed E-state index contributed by atoms with van der Waals surface area (Å²) in [5.41, 5.74) is 14.8. The third kappa shape index (κ3) is 5.57. The molecule has 0 aliphatic carbocycles. The second-order valence-electron chi connectivity index (χ2n) is 18.8. The first-order valence-electron chi connectivity index (χ1n) is 24.7. The van der Waals surface area contributed by atoms with Gasteiger partial charge in [-0.1, -0.05) is 170 Å². The van der Waals surface area contributed by atoms with Crippen LogP contribution in [0, 0.1) is 0 Å². The Hall–Kier alpha value is -10.1. The monoisotopic (exact) mass is 932 g/mol. The Labute approximate surface area is 417 Å². The minimum Gasteiger partial charge on any atom is -0.309 e. The molecule has 0 aliphatic heterocycles. The number of aromatic nitrogens is 8. The average molecular weight is 933 g/mol. The maximum absolute atomic E-state index is 5.87. The molecule has 0 saturated carbocycles. The molecule has 0 saturated heterocycles. The summed E-state index contributed by atoms with van der Waals surface area (Å²) in [5.74, 6) is 1.41. The van der Waals surface area contributed by atoms with Crippen molar-refractivity contribution in [2.75, 3.05) is 0 Å². The van der Waals surface area contributed by atoms with Crippen molar-refractivity contribution >= 4 is 98.5 Å². The van der Waals surface area contributed by atoms with E-state index in [1.165, 1.54) is 21.5 Å². The molecule has 0 N–H and O–H groups in total. The number of para-hydroxylation sites is 7. The number of hydrogen-bond acceptors (Lipinski definition) is 3. The van der Waals surface area contributed by atoms with Crippen molar-refractivity contribution in [3.8, 4) is 40.1 Å². The summed E-state index contributed by atoms with van der Waals surface area (Å²) < 4.78 is 11.7. The molecular weight excluding hydrogens is 893 g/mol.